The predicted molar refractivity (Wildman–Crippen MR) is 79.3 cm³/mol. The molecule has 2 rings (SSSR count). The maximum atomic E-state index is 4.26. The first-order chi connectivity index (χ1) is 9.38. The Balaban J connectivity index is 1.58. The first-order valence-corrected chi connectivity index (χ1v) is 7.82. The lowest BCUT2D eigenvalue weighted by atomic mass is 10.1. The van der Waals surface area contributed by atoms with Gasteiger partial charge in [-0.15, -0.1) is 0 Å². The lowest BCUT2D eigenvalue weighted by Gasteiger charge is -2.19. The van der Waals surface area contributed by atoms with Gasteiger partial charge in [-0.3, -0.25) is 0 Å². The highest BCUT2D eigenvalue weighted by molar-refractivity contribution is 4.87. The maximum Gasteiger partial charge on any atom is 0.106 e. The number of hydrogen-bond acceptors (Lipinski definition) is 3. The monoisotopic (exact) mass is 264 g/mol. The Hall–Kier alpha value is -0.870. The molecule has 0 aliphatic carbocycles. The van der Waals surface area contributed by atoms with Crippen LogP contribution in [0, 0.1) is 0 Å². The molecule has 1 aliphatic heterocycles. The molecule has 1 fully saturated rings. The number of hydrogen-bond donors (Lipinski definition) is 2. The summed E-state index contributed by atoms with van der Waals surface area (Å²) in [6, 6.07) is 0.721. The van der Waals surface area contributed by atoms with Crippen molar-refractivity contribution in [2.24, 2.45) is 0 Å². The second-order valence-electron chi connectivity index (χ2n) is 5.56. The van der Waals surface area contributed by atoms with Crippen LogP contribution in [0.5, 0.6) is 0 Å². The molecule has 1 atom stereocenters. The van der Waals surface area contributed by atoms with Gasteiger partial charge in [-0.1, -0.05) is 6.92 Å². The van der Waals surface area contributed by atoms with Crippen molar-refractivity contribution < 1.29 is 0 Å². The molecule has 2 heterocycles. The van der Waals surface area contributed by atoms with Gasteiger partial charge in [0.05, 0.1) is 0 Å². The summed E-state index contributed by atoms with van der Waals surface area (Å²) in [4.78, 5) is 10.0. The van der Waals surface area contributed by atoms with Crippen molar-refractivity contribution in [3.05, 3.63) is 18.2 Å². The minimum Gasteiger partial charge on any atom is -0.349 e. The highest BCUT2D eigenvalue weighted by Crippen LogP contribution is 2.11. The van der Waals surface area contributed by atoms with Gasteiger partial charge in [0.15, 0.2) is 0 Å². The molecule has 0 aromatic carbocycles. The number of H-pyrrole nitrogens is 1. The van der Waals surface area contributed by atoms with Gasteiger partial charge in [0, 0.05) is 24.9 Å². The smallest absolute Gasteiger partial charge is 0.106 e. The summed E-state index contributed by atoms with van der Waals surface area (Å²) in [6.07, 6.45) is 11.2. The summed E-state index contributed by atoms with van der Waals surface area (Å²) in [6.45, 7) is 7.21. The van der Waals surface area contributed by atoms with Gasteiger partial charge in [0.1, 0.15) is 5.82 Å². The largest absolute Gasteiger partial charge is 0.349 e. The summed E-state index contributed by atoms with van der Waals surface area (Å²) in [5.74, 6) is 1.11. The quantitative estimate of drug-likeness (QED) is 0.742. The van der Waals surface area contributed by atoms with Crippen molar-refractivity contribution >= 4 is 0 Å². The molecule has 0 spiro atoms. The number of likely N-dealkylation sites (tertiary alicyclic amines) is 1. The lowest BCUT2D eigenvalue weighted by molar-refractivity contribution is 0.282. The van der Waals surface area contributed by atoms with Gasteiger partial charge in [-0.25, -0.2) is 4.98 Å². The fourth-order valence-electron chi connectivity index (χ4n) is 2.90. The maximum absolute atomic E-state index is 4.26. The van der Waals surface area contributed by atoms with E-state index in [9.17, 15) is 0 Å². The van der Waals surface area contributed by atoms with E-state index in [1.54, 1.807) is 0 Å². The van der Waals surface area contributed by atoms with E-state index >= 15 is 0 Å². The normalized spacial score (nSPS) is 21.4. The molecule has 2 N–H and O–H groups in total. The molecule has 4 heteroatoms. The van der Waals surface area contributed by atoms with Crippen LogP contribution in [-0.4, -0.2) is 47.1 Å². The zero-order valence-corrected chi connectivity index (χ0v) is 12.2. The van der Waals surface area contributed by atoms with Gasteiger partial charge in [0.25, 0.3) is 0 Å². The zero-order valence-electron chi connectivity index (χ0n) is 12.2. The molecule has 1 aromatic rings. The molecule has 4 nitrogen and oxygen atoms in total. The highest BCUT2D eigenvalue weighted by atomic mass is 15.1. The van der Waals surface area contributed by atoms with Gasteiger partial charge in [0.2, 0.25) is 0 Å². The molecule has 0 amide bonds. The van der Waals surface area contributed by atoms with E-state index in [1.807, 2.05) is 12.4 Å². The third-order valence-electron chi connectivity index (χ3n) is 3.94. The van der Waals surface area contributed by atoms with Crippen molar-refractivity contribution in [3.8, 4) is 0 Å². The first-order valence-electron chi connectivity index (χ1n) is 7.82. The molecule has 19 heavy (non-hydrogen) atoms. The number of aromatic amines is 1. The average Bonchev–Trinajstić information content (AvgIpc) is 2.83. The Morgan fingerprint density at radius 1 is 1.42 bits per heavy atom. The van der Waals surface area contributed by atoms with Crippen molar-refractivity contribution in [2.75, 3.05) is 26.2 Å². The van der Waals surface area contributed by atoms with E-state index in [0.29, 0.717) is 0 Å². The minimum absolute atomic E-state index is 0.721. The van der Waals surface area contributed by atoms with Crippen molar-refractivity contribution in [1.29, 1.82) is 0 Å². The van der Waals surface area contributed by atoms with E-state index in [2.05, 4.69) is 27.1 Å². The lowest BCUT2D eigenvalue weighted by Crippen LogP contribution is -2.32. The number of nitrogens with one attached hydrogen (secondary N) is 2. The summed E-state index contributed by atoms with van der Waals surface area (Å²) >= 11 is 0. The second-order valence-corrected chi connectivity index (χ2v) is 5.56. The van der Waals surface area contributed by atoms with Crippen LogP contribution in [0.2, 0.25) is 0 Å². The Kier molecular flexibility index (Phi) is 6.37. The van der Waals surface area contributed by atoms with Gasteiger partial charge < -0.3 is 15.2 Å². The number of rotatable bonds is 7. The Labute approximate surface area is 117 Å². The highest BCUT2D eigenvalue weighted by Gasteiger charge is 2.15. The van der Waals surface area contributed by atoms with Crippen molar-refractivity contribution in [2.45, 2.75) is 51.5 Å². The van der Waals surface area contributed by atoms with Crippen LogP contribution in [-0.2, 0) is 6.42 Å². The number of aromatic nitrogens is 2. The topological polar surface area (TPSA) is 44.0 Å². The third kappa shape index (κ3) is 5.33. The van der Waals surface area contributed by atoms with E-state index < -0.39 is 0 Å². The molecule has 0 saturated carbocycles. The van der Waals surface area contributed by atoms with E-state index in [0.717, 1.165) is 24.8 Å². The third-order valence-corrected chi connectivity index (χ3v) is 3.94. The SMILES string of the molecule is CCCN1CCCC(NCCCc2ncc[nH]2)CC1. The van der Waals surface area contributed by atoms with Crippen LogP contribution >= 0.6 is 0 Å². The number of nitrogens with zero attached hydrogens (tertiary/aromatic N) is 2. The predicted octanol–water partition coefficient (Wildman–Crippen LogP) is 2.20. The van der Waals surface area contributed by atoms with Gasteiger partial charge in [-0.05, 0) is 58.3 Å². The van der Waals surface area contributed by atoms with Crippen LogP contribution in [0.1, 0.15) is 44.9 Å². The Morgan fingerprint density at radius 2 is 2.37 bits per heavy atom. The van der Waals surface area contributed by atoms with Crippen molar-refractivity contribution in [1.82, 2.24) is 20.2 Å². The van der Waals surface area contributed by atoms with Gasteiger partial charge in [-0.2, -0.15) is 0 Å². The molecule has 1 unspecified atom stereocenters. The molecule has 1 aromatic heterocycles. The summed E-state index contributed by atoms with van der Waals surface area (Å²) in [5, 5.41) is 3.72. The Bertz CT molecular complexity index is 323. The molecular weight excluding hydrogens is 236 g/mol. The molecule has 108 valence electrons. The van der Waals surface area contributed by atoms with Crippen LogP contribution < -0.4 is 5.32 Å². The zero-order chi connectivity index (χ0) is 13.3. The van der Waals surface area contributed by atoms with Crippen LogP contribution in [0.4, 0.5) is 0 Å². The average molecular weight is 264 g/mol. The van der Waals surface area contributed by atoms with Crippen LogP contribution in [0.15, 0.2) is 12.4 Å². The summed E-state index contributed by atoms with van der Waals surface area (Å²) in [5.41, 5.74) is 0. The molecule has 1 saturated heterocycles. The number of imidazole rings is 1. The van der Waals surface area contributed by atoms with Crippen LogP contribution in [0.3, 0.4) is 0 Å². The number of aryl methyl sites for hydroxylation is 1. The standard InChI is InChI=1S/C15H28N4/c1-2-11-19-12-4-5-14(7-13-19)16-8-3-6-15-17-9-10-18-15/h9-10,14,16H,2-8,11-13H2,1H3,(H,17,18). The van der Waals surface area contributed by atoms with E-state index in [-0.39, 0.29) is 0 Å². The molecular formula is C15H28N4. The van der Waals surface area contributed by atoms with Crippen molar-refractivity contribution in [3.63, 3.8) is 0 Å². The molecule has 0 bridgehead atoms. The first kappa shape index (κ1) is 14.5. The Morgan fingerprint density at radius 3 is 3.16 bits per heavy atom. The fourth-order valence-corrected chi connectivity index (χ4v) is 2.90. The molecule has 0 radical (unpaired) electrons. The van der Waals surface area contributed by atoms with E-state index in [1.165, 1.54) is 51.7 Å². The summed E-state index contributed by atoms with van der Waals surface area (Å²) < 4.78 is 0. The summed E-state index contributed by atoms with van der Waals surface area (Å²) in [7, 11) is 0. The van der Waals surface area contributed by atoms with Crippen LogP contribution in [0.25, 0.3) is 0 Å². The van der Waals surface area contributed by atoms with Gasteiger partial charge >= 0.3 is 0 Å². The molecule has 1 aliphatic rings. The minimum atomic E-state index is 0.721. The second kappa shape index (κ2) is 8.33. The fraction of sp³-hybridized carbons (Fsp3) is 0.800. The van der Waals surface area contributed by atoms with E-state index in [4.69, 9.17) is 0 Å².